The molecule has 1 heterocycles. The average Bonchev–Trinajstić information content (AvgIpc) is 2.26. The van der Waals surface area contributed by atoms with E-state index in [-0.39, 0.29) is 24.5 Å². The molecule has 1 fully saturated rings. The number of ether oxygens (including phenoxy) is 1. The largest absolute Gasteiger partial charge is 0.388 e. The van der Waals surface area contributed by atoms with E-state index in [1.54, 1.807) is 7.05 Å². The quantitative estimate of drug-likeness (QED) is 0.757. The summed E-state index contributed by atoms with van der Waals surface area (Å²) in [5, 5.41) is 10.2. The van der Waals surface area contributed by atoms with E-state index in [0.29, 0.717) is 32.6 Å². The molecule has 1 amide bonds. The third-order valence-corrected chi connectivity index (χ3v) is 3.07. The van der Waals surface area contributed by atoms with E-state index in [0.717, 1.165) is 0 Å². The Morgan fingerprint density at radius 2 is 1.88 bits per heavy atom. The van der Waals surface area contributed by atoms with Crippen molar-refractivity contribution in [2.24, 2.45) is 0 Å². The van der Waals surface area contributed by atoms with Crippen molar-refractivity contribution in [1.82, 2.24) is 4.90 Å². The SMILES string of the molecule is CC(=O)CCC(=O)N(C)CC1(O)CCOCC1. The normalized spacial score (nSPS) is 18.8. The van der Waals surface area contributed by atoms with E-state index in [4.69, 9.17) is 4.74 Å². The summed E-state index contributed by atoms with van der Waals surface area (Å²) in [6, 6.07) is 0. The zero-order chi connectivity index (χ0) is 12.9. The fraction of sp³-hybridized carbons (Fsp3) is 0.833. The van der Waals surface area contributed by atoms with Crippen LogP contribution in [0.4, 0.5) is 0 Å². The lowest BCUT2D eigenvalue weighted by atomic mass is 9.94. The van der Waals surface area contributed by atoms with Crippen molar-refractivity contribution in [2.45, 2.75) is 38.2 Å². The standard InChI is InChI=1S/C12H21NO4/c1-10(14)3-4-11(15)13(2)9-12(16)5-7-17-8-6-12/h16H,3-9H2,1-2H3. The maximum Gasteiger partial charge on any atom is 0.222 e. The van der Waals surface area contributed by atoms with Gasteiger partial charge < -0.3 is 19.5 Å². The molecule has 1 aliphatic heterocycles. The molecule has 0 aromatic heterocycles. The summed E-state index contributed by atoms with van der Waals surface area (Å²) in [5.41, 5.74) is -0.834. The number of nitrogens with zero attached hydrogens (tertiary/aromatic N) is 1. The number of likely N-dealkylation sites (N-methyl/N-ethyl adjacent to an activating group) is 1. The third kappa shape index (κ3) is 4.83. The first-order valence-electron chi connectivity index (χ1n) is 5.96. The van der Waals surface area contributed by atoms with Crippen LogP contribution in [0, 0.1) is 0 Å². The van der Waals surface area contributed by atoms with Crippen LogP contribution in [0.1, 0.15) is 32.6 Å². The smallest absolute Gasteiger partial charge is 0.222 e. The van der Waals surface area contributed by atoms with E-state index < -0.39 is 5.60 Å². The lowest BCUT2D eigenvalue weighted by Crippen LogP contribution is -2.47. The summed E-state index contributed by atoms with van der Waals surface area (Å²) < 4.78 is 5.18. The van der Waals surface area contributed by atoms with Gasteiger partial charge in [0, 0.05) is 52.5 Å². The number of hydrogen-bond donors (Lipinski definition) is 1. The van der Waals surface area contributed by atoms with Crippen LogP contribution < -0.4 is 0 Å². The molecule has 98 valence electrons. The number of ketones is 1. The van der Waals surface area contributed by atoms with Crippen molar-refractivity contribution in [3.8, 4) is 0 Å². The Kier molecular flexibility index (Phi) is 5.08. The Labute approximate surface area is 102 Å². The van der Waals surface area contributed by atoms with Gasteiger partial charge in [-0.1, -0.05) is 0 Å². The summed E-state index contributed by atoms with van der Waals surface area (Å²) in [6.07, 6.45) is 1.60. The Morgan fingerprint density at radius 1 is 1.29 bits per heavy atom. The molecule has 1 N–H and O–H groups in total. The molecule has 0 saturated carbocycles. The molecule has 0 radical (unpaired) electrons. The number of carbonyl (C=O) groups excluding carboxylic acids is 2. The van der Waals surface area contributed by atoms with Crippen LogP contribution in [-0.4, -0.2) is 54.1 Å². The zero-order valence-electron chi connectivity index (χ0n) is 10.6. The minimum atomic E-state index is -0.834. The second-order valence-corrected chi connectivity index (χ2v) is 4.79. The van der Waals surface area contributed by atoms with Gasteiger partial charge >= 0.3 is 0 Å². The Morgan fingerprint density at radius 3 is 2.41 bits per heavy atom. The van der Waals surface area contributed by atoms with Crippen molar-refractivity contribution < 1.29 is 19.4 Å². The first-order chi connectivity index (χ1) is 7.93. The van der Waals surface area contributed by atoms with E-state index >= 15 is 0 Å². The molecule has 0 unspecified atom stereocenters. The fourth-order valence-electron chi connectivity index (χ4n) is 1.91. The molecule has 1 saturated heterocycles. The van der Waals surface area contributed by atoms with Crippen LogP contribution in [0.25, 0.3) is 0 Å². The summed E-state index contributed by atoms with van der Waals surface area (Å²) >= 11 is 0. The number of aliphatic hydroxyl groups is 1. The molecule has 0 aliphatic carbocycles. The molecule has 0 bridgehead atoms. The van der Waals surface area contributed by atoms with Gasteiger partial charge in [-0.25, -0.2) is 0 Å². The maximum absolute atomic E-state index is 11.7. The van der Waals surface area contributed by atoms with Crippen molar-refractivity contribution in [3.05, 3.63) is 0 Å². The van der Waals surface area contributed by atoms with Gasteiger partial charge in [-0.05, 0) is 6.92 Å². The second kappa shape index (κ2) is 6.12. The average molecular weight is 243 g/mol. The predicted octanol–water partition coefficient (Wildman–Crippen LogP) is 0.355. The van der Waals surface area contributed by atoms with Gasteiger partial charge in [0.05, 0.1) is 5.60 Å². The molecular formula is C12H21NO4. The fourth-order valence-corrected chi connectivity index (χ4v) is 1.91. The Hall–Kier alpha value is -0.940. The molecule has 1 aliphatic rings. The lowest BCUT2D eigenvalue weighted by molar-refractivity contribution is -0.137. The van der Waals surface area contributed by atoms with E-state index in [2.05, 4.69) is 0 Å². The molecular weight excluding hydrogens is 222 g/mol. The van der Waals surface area contributed by atoms with Crippen LogP contribution in [0.15, 0.2) is 0 Å². The predicted molar refractivity (Wildman–Crippen MR) is 62.6 cm³/mol. The number of rotatable bonds is 5. The highest BCUT2D eigenvalue weighted by Crippen LogP contribution is 2.21. The van der Waals surface area contributed by atoms with E-state index in [1.165, 1.54) is 11.8 Å². The summed E-state index contributed by atoms with van der Waals surface area (Å²) in [6.45, 7) is 2.85. The highest BCUT2D eigenvalue weighted by Gasteiger charge is 2.32. The third-order valence-electron chi connectivity index (χ3n) is 3.07. The van der Waals surface area contributed by atoms with Crippen LogP contribution >= 0.6 is 0 Å². The van der Waals surface area contributed by atoms with E-state index in [9.17, 15) is 14.7 Å². The van der Waals surface area contributed by atoms with Crippen molar-refractivity contribution in [2.75, 3.05) is 26.8 Å². The van der Waals surface area contributed by atoms with Gasteiger partial charge in [0.2, 0.25) is 5.91 Å². The lowest BCUT2D eigenvalue weighted by Gasteiger charge is -2.35. The van der Waals surface area contributed by atoms with Gasteiger partial charge in [-0.15, -0.1) is 0 Å². The van der Waals surface area contributed by atoms with Crippen molar-refractivity contribution >= 4 is 11.7 Å². The van der Waals surface area contributed by atoms with Crippen LogP contribution in [0.5, 0.6) is 0 Å². The van der Waals surface area contributed by atoms with Gasteiger partial charge in [0.25, 0.3) is 0 Å². The molecule has 0 atom stereocenters. The first-order valence-corrected chi connectivity index (χ1v) is 5.96. The summed E-state index contributed by atoms with van der Waals surface area (Å²) in [7, 11) is 1.66. The van der Waals surface area contributed by atoms with Gasteiger partial charge in [-0.3, -0.25) is 4.79 Å². The minimum Gasteiger partial charge on any atom is -0.388 e. The first kappa shape index (κ1) is 14.1. The van der Waals surface area contributed by atoms with E-state index in [1.807, 2.05) is 0 Å². The van der Waals surface area contributed by atoms with Crippen molar-refractivity contribution in [3.63, 3.8) is 0 Å². The molecule has 5 nitrogen and oxygen atoms in total. The van der Waals surface area contributed by atoms with Crippen LogP contribution in [0.2, 0.25) is 0 Å². The maximum atomic E-state index is 11.7. The molecule has 0 aromatic carbocycles. The number of carbonyl (C=O) groups is 2. The molecule has 0 spiro atoms. The van der Waals surface area contributed by atoms with Crippen molar-refractivity contribution in [1.29, 1.82) is 0 Å². The molecule has 0 aromatic rings. The number of amides is 1. The molecule has 1 rings (SSSR count). The Bertz CT molecular complexity index is 284. The van der Waals surface area contributed by atoms with Crippen LogP contribution in [0.3, 0.4) is 0 Å². The number of hydrogen-bond acceptors (Lipinski definition) is 4. The summed E-state index contributed by atoms with van der Waals surface area (Å²) in [4.78, 5) is 24.0. The second-order valence-electron chi connectivity index (χ2n) is 4.79. The van der Waals surface area contributed by atoms with Gasteiger partial charge in [0.15, 0.2) is 0 Å². The van der Waals surface area contributed by atoms with Crippen LogP contribution in [-0.2, 0) is 14.3 Å². The highest BCUT2D eigenvalue weighted by atomic mass is 16.5. The highest BCUT2D eigenvalue weighted by molar-refractivity contribution is 5.83. The summed E-state index contributed by atoms with van der Waals surface area (Å²) in [5.74, 6) is -0.0864. The van der Waals surface area contributed by atoms with Gasteiger partial charge in [0.1, 0.15) is 5.78 Å². The topological polar surface area (TPSA) is 66.8 Å². The monoisotopic (exact) mass is 243 g/mol. The minimum absolute atomic E-state index is 0.0107. The number of Topliss-reactive ketones (excluding diaryl/α,β-unsaturated/α-hetero) is 1. The molecule has 5 heteroatoms. The zero-order valence-corrected chi connectivity index (χ0v) is 10.6. The van der Waals surface area contributed by atoms with Gasteiger partial charge in [-0.2, -0.15) is 0 Å². The molecule has 17 heavy (non-hydrogen) atoms. The Balaban J connectivity index is 2.38.